The standard InChI is InChI=1S/C14H25N3S/c1-2-11-6-9-18-14(15-11)16-12-5-8-17-7-3-4-13(17)10-12/h11-13H,2-10H2,1H3,(H,15,16). The van der Waals surface area contributed by atoms with Crippen molar-refractivity contribution in [3.05, 3.63) is 0 Å². The maximum atomic E-state index is 4.83. The number of aliphatic imine (C=N–C) groups is 1. The van der Waals surface area contributed by atoms with Crippen molar-refractivity contribution in [1.29, 1.82) is 0 Å². The molecule has 18 heavy (non-hydrogen) atoms. The van der Waals surface area contributed by atoms with Gasteiger partial charge in [-0.05, 0) is 45.1 Å². The van der Waals surface area contributed by atoms with Crippen LogP contribution in [0.25, 0.3) is 0 Å². The maximum Gasteiger partial charge on any atom is 0.157 e. The highest BCUT2D eigenvalue weighted by Crippen LogP contribution is 2.27. The van der Waals surface area contributed by atoms with Crippen LogP contribution in [-0.2, 0) is 0 Å². The van der Waals surface area contributed by atoms with Crippen LogP contribution in [-0.4, -0.2) is 47.0 Å². The fourth-order valence-electron chi connectivity index (χ4n) is 3.46. The van der Waals surface area contributed by atoms with E-state index in [-0.39, 0.29) is 0 Å². The molecule has 3 aliphatic rings. The van der Waals surface area contributed by atoms with E-state index in [0.29, 0.717) is 12.1 Å². The van der Waals surface area contributed by atoms with E-state index < -0.39 is 0 Å². The Balaban J connectivity index is 1.55. The lowest BCUT2D eigenvalue weighted by atomic mass is 9.98. The van der Waals surface area contributed by atoms with Crippen molar-refractivity contribution < 1.29 is 0 Å². The number of thioether (sulfide) groups is 1. The lowest BCUT2D eigenvalue weighted by molar-refractivity contribution is 0.175. The van der Waals surface area contributed by atoms with Gasteiger partial charge in [0.2, 0.25) is 0 Å². The largest absolute Gasteiger partial charge is 0.362 e. The first-order chi connectivity index (χ1) is 8.85. The summed E-state index contributed by atoms with van der Waals surface area (Å²) in [6.07, 6.45) is 7.89. The molecule has 0 bridgehead atoms. The molecule has 102 valence electrons. The minimum absolute atomic E-state index is 0.570. The van der Waals surface area contributed by atoms with Crippen LogP contribution in [0.2, 0.25) is 0 Å². The van der Waals surface area contributed by atoms with Crippen LogP contribution >= 0.6 is 11.8 Å². The van der Waals surface area contributed by atoms with Crippen molar-refractivity contribution in [2.24, 2.45) is 4.99 Å². The molecule has 0 saturated carbocycles. The summed E-state index contributed by atoms with van der Waals surface area (Å²) in [5.41, 5.74) is 0. The second kappa shape index (κ2) is 5.83. The first-order valence-electron chi connectivity index (χ1n) is 7.56. The Labute approximate surface area is 115 Å². The summed E-state index contributed by atoms with van der Waals surface area (Å²) < 4.78 is 0. The highest BCUT2D eigenvalue weighted by atomic mass is 32.2. The van der Waals surface area contributed by atoms with Crippen LogP contribution in [0, 0.1) is 0 Å². The summed E-state index contributed by atoms with van der Waals surface area (Å²) in [4.78, 5) is 7.52. The van der Waals surface area contributed by atoms with Gasteiger partial charge in [-0.15, -0.1) is 0 Å². The summed E-state index contributed by atoms with van der Waals surface area (Å²) in [5, 5.41) is 4.95. The first kappa shape index (κ1) is 12.8. The van der Waals surface area contributed by atoms with Crippen molar-refractivity contribution in [2.45, 2.75) is 63.6 Å². The van der Waals surface area contributed by atoms with Crippen molar-refractivity contribution in [3.63, 3.8) is 0 Å². The molecule has 3 rings (SSSR count). The minimum atomic E-state index is 0.570. The summed E-state index contributed by atoms with van der Waals surface area (Å²) in [5.74, 6) is 1.24. The second-order valence-corrected chi connectivity index (χ2v) is 6.91. The first-order valence-corrected chi connectivity index (χ1v) is 8.55. The number of rotatable bonds is 2. The number of nitrogens with zero attached hydrogens (tertiary/aromatic N) is 2. The second-order valence-electron chi connectivity index (χ2n) is 5.83. The summed E-state index contributed by atoms with van der Waals surface area (Å²) in [6.45, 7) is 4.88. The molecule has 3 heterocycles. The average Bonchev–Trinajstić information content (AvgIpc) is 2.86. The lowest BCUT2D eigenvalue weighted by Crippen LogP contribution is -2.47. The van der Waals surface area contributed by atoms with E-state index in [4.69, 9.17) is 4.99 Å². The zero-order valence-electron chi connectivity index (χ0n) is 11.4. The van der Waals surface area contributed by atoms with Crippen molar-refractivity contribution in [1.82, 2.24) is 10.2 Å². The van der Waals surface area contributed by atoms with E-state index in [9.17, 15) is 0 Å². The van der Waals surface area contributed by atoms with Gasteiger partial charge in [0.05, 0.1) is 6.04 Å². The Hall–Kier alpha value is -0.220. The van der Waals surface area contributed by atoms with E-state index in [1.54, 1.807) is 0 Å². The normalized spacial score (nSPS) is 37.2. The molecule has 0 aromatic carbocycles. The predicted octanol–water partition coefficient (Wildman–Crippen LogP) is 2.47. The molecule has 0 aromatic heterocycles. The van der Waals surface area contributed by atoms with Crippen LogP contribution in [0.1, 0.15) is 45.4 Å². The van der Waals surface area contributed by atoms with Crippen LogP contribution in [0.4, 0.5) is 0 Å². The number of amidine groups is 1. The molecular formula is C14H25N3S. The van der Waals surface area contributed by atoms with Gasteiger partial charge in [-0.25, -0.2) is 0 Å². The van der Waals surface area contributed by atoms with Crippen molar-refractivity contribution in [2.75, 3.05) is 18.8 Å². The highest BCUT2D eigenvalue weighted by molar-refractivity contribution is 8.13. The summed E-state index contributed by atoms with van der Waals surface area (Å²) in [6, 6.07) is 2.10. The van der Waals surface area contributed by atoms with Gasteiger partial charge < -0.3 is 10.2 Å². The molecular weight excluding hydrogens is 242 g/mol. The molecule has 3 atom stereocenters. The van der Waals surface area contributed by atoms with Crippen LogP contribution in [0.5, 0.6) is 0 Å². The molecule has 2 saturated heterocycles. The van der Waals surface area contributed by atoms with Crippen molar-refractivity contribution in [3.8, 4) is 0 Å². The third-order valence-corrected chi connectivity index (χ3v) is 5.55. The Kier molecular flexibility index (Phi) is 4.14. The maximum absolute atomic E-state index is 4.83. The topological polar surface area (TPSA) is 27.6 Å². The van der Waals surface area contributed by atoms with Gasteiger partial charge in [-0.1, -0.05) is 18.7 Å². The molecule has 3 nitrogen and oxygen atoms in total. The van der Waals surface area contributed by atoms with E-state index in [0.717, 1.165) is 6.04 Å². The Bertz CT molecular complexity index is 318. The molecule has 3 aliphatic heterocycles. The van der Waals surface area contributed by atoms with Crippen LogP contribution < -0.4 is 5.32 Å². The molecule has 3 unspecified atom stereocenters. The minimum Gasteiger partial charge on any atom is -0.362 e. The quantitative estimate of drug-likeness (QED) is 0.833. The molecule has 1 N–H and O–H groups in total. The number of hydrogen-bond donors (Lipinski definition) is 1. The number of nitrogens with one attached hydrogen (secondary N) is 1. The molecule has 0 spiro atoms. The van der Waals surface area contributed by atoms with Crippen LogP contribution in [0.15, 0.2) is 4.99 Å². The van der Waals surface area contributed by atoms with Gasteiger partial charge in [0.25, 0.3) is 0 Å². The monoisotopic (exact) mass is 267 g/mol. The zero-order chi connectivity index (χ0) is 12.4. The molecule has 0 radical (unpaired) electrons. The van der Waals surface area contributed by atoms with Gasteiger partial charge >= 0.3 is 0 Å². The molecule has 0 aliphatic carbocycles. The number of fused-ring (bicyclic) bond motifs is 1. The Morgan fingerprint density at radius 2 is 2.28 bits per heavy atom. The number of hydrogen-bond acceptors (Lipinski definition) is 4. The molecule has 0 amide bonds. The van der Waals surface area contributed by atoms with Crippen molar-refractivity contribution >= 4 is 16.9 Å². The van der Waals surface area contributed by atoms with Gasteiger partial charge in [-0.2, -0.15) is 0 Å². The fraction of sp³-hybridized carbons (Fsp3) is 0.929. The van der Waals surface area contributed by atoms with Crippen LogP contribution in [0.3, 0.4) is 0 Å². The average molecular weight is 267 g/mol. The predicted molar refractivity (Wildman–Crippen MR) is 79.3 cm³/mol. The van der Waals surface area contributed by atoms with E-state index in [1.807, 2.05) is 11.8 Å². The van der Waals surface area contributed by atoms with Gasteiger partial charge in [0.15, 0.2) is 5.17 Å². The van der Waals surface area contributed by atoms with Gasteiger partial charge in [0, 0.05) is 24.4 Å². The third kappa shape index (κ3) is 2.85. The van der Waals surface area contributed by atoms with E-state index in [2.05, 4.69) is 17.1 Å². The summed E-state index contributed by atoms with van der Waals surface area (Å²) in [7, 11) is 0. The van der Waals surface area contributed by atoms with E-state index in [1.165, 1.54) is 62.5 Å². The van der Waals surface area contributed by atoms with Gasteiger partial charge in [0.1, 0.15) is 0 Å². The Morgan fingerprint density at radius 1 is 1.33 bits per heavy atom. The highest BCUT2D eigenvalue weighted by Gasteiger charge is 2.32. The zero-order valence-corrected chi connectivity index (χ0v) is 12.2. The molecule has 4 heteroatoms. The third-order valence-electron chi connectivity index (χ3n) is 4.61. The van der Waals surface area contributed by atoms with Gasteiger partial charge in [-0.3, -0.25) is 4.99 Å². The van der Waals surface area contributed by atoms with E-state index >= 15 is 0 Å². The Morgan fingerprint density at radius 3 is 3.17 bits per heavy atom. The summed E-state index contributed by atoms with van der Waals surface area (Å²) >= 11 is 1.93. The SMILES string of the molecule is CCC1CCSC(NC2CCN3CCCC3C2)=N1. The fourth-order valence-corrected chi connectivity index (χ4v) is 4.52. The number of piperidine rings is 1. The molecule has 2 fully saturated rings. The lowest BCUT2D eigenvalue weighted by Gasteiger charge is -2.36. The molecule has 0 aromatic rings. The smallest absolute Gasteiger partial charge is 0.157 e.